The maximum Gasteiger partial charge on any atom is 0.122 e. The molecule has 2 atom stereocenters. The van der Waals surface area contributed by atoms with Crippen LogP contribution in [0.25, 0.3) is 0 Å². The van der Waals surface area contributed by atoms with Gasteiger partial charge in [-0.2, -0.15) is 0 Å². The predicted molar refractivity (Wildman–Crippen MR) is 75.5 cm³/mol. The maximum absolute atomic E-state index is 11.1. The Balaban J connectivity index is 1.81. The molecule has 0 saturated carbocycles. The zero-order valence-electron chi connectivity index (χ0n) is 11.6. The van der Waals surface area contributed by atoms with E-state index in [9.17, 15) is 5.11 Å². The van der Waals surface area contributed by atoms with Crippen molar-refractivity contribution in [3.63, 3.8) is 0 Å². The molecule has 0 radical (unpaired) electrons. The van der Waals surface area contributed by atoms with Crippen molar-refractivity contribution < 1.29 is 9.84 Å². The maximum atomic E-state index is 11.1. The third-order valence-electron chi connectivity index (χ3n) is 4.75. The van der Waals surface area contributed by atoms with Gasteiger partial charge in [0.25, 0.3) is 0 Å². The van der Waals surface area contributed by atoms with Crippen LogP contribution < -0.4 is 4.74 Å². The van der Waals surface area contributed by atoms with Gasteiger partial charge in [0.2, 0.25) is 0 Å². The van der Waals surface area contributed by atoms with Crippen LogP contribution in [0.1, 0.15) is 31.2 Å². The van der Waals surface area contributed by atoms with E-state index in [0.29, 0.717) is 12.5 Å². The lowest BCUT2D eigenvalue weighted by atomic mass is 9.83. The van der Waals surface area contributed by atoms with Gasteiger partial charge in [0.1, 0.15) is 5.75 Å². The van der Waals surface area contributed by atoms with Crippen molar-refractivity contribution >= 4 is 0 Å². The van der Waals surface area contributed by atoms with Crippen LogP contribution in [0.2, 0.25) is 0 Å². The first-order valence-corrected chi connectivity index (χ1v) is 7.31. The third-order valence-corrected chi connectivity index (χ3v) is 4.75. The summed E-state index contributed by atoms with van der Waals surface area (Å²) in [5.41, 5.74) is 0.551. The number of ether oxygens (including phenoxy) is 1. The van der Waals surface area contributed by atoms with Gasteiger partial charge in [-0.25, -0.2) is 0 Å². The van der Waals surface area contributed by atoms with E-state index < -0.39 is 5.60 Å². The third kappa shape index (κ3) is 2.37. The van der Waals surface area contributed by atoms with Crippen molar-refractivity contribution in [2.24, 2.45) is 0 Å². The number of methoxy groups -OCH3 is 1. The molecule has 3 nitrogen and oxygen atoms in total. The number of para-hydroxylation sites is 1. The Hall–Kier alpha value is -1.06. The molecule has 3 heteroatoms. The first kappa shape index (κ1) is 12.9. The number of hydrogen-bond donors (Lipinski definition) is 1. The Kier molecular flexibility index (Phi) is 3.50. The van der Waals surface area contributed by atoms with Gasteiger partial charge in [-0.15, -0.1) is 0 Å². The SMILES string of the molecule is COc1ccccc1CC1(O)CCN2CCCCC21. The van der Waals surface area contributed by atoms with E-state index in [4.69, 9.17) is 4.74 Å². The molecule has 2 saturated heterocycles. The average Bonchev–Trinajstić information content (AvgIpc) is 2.78. The molecule has 2 aliphatic heterocycles. The minimum atomic E-state index is -0.574. The van der Waals surface area contributed by atoms with Gasteiger partial charge in [-0.3, -0.25) is 4.90 Å². The van der Waals surface area contributed by atoms with Crippen molar-refractivity contribution in [1.82, 2.24) is 4.90 Å². The second kappa shape index (κ2) is 5.14. The summed E-state index contributed by atoms with van der Waals surface area (Å²) in [6.45, 7) is 2.19. The van der Waals surface area contributed by atoms with Crippen LogP contribution in [0, 0.1) is 0 Å². The Morgan fingerprint density at radius 1 is 1.32 bits per heavy atom. The van der Waals surface area contributed by atoms with Crippen LogP contribution in [-0.2, 0) is 6.42 Å². The summed E-state index contributed by atoms with van der Waals surface area (Å²) in [5.74, 6) is 0.894. The van der Waals surface area contributed by atoms with Crippen LogP contribution in [0.5, 0.6) is 5.75 Å². The largest absolute Gasteiger partial charge is 0.496 e. The lowest BCUT2D eigenvalue weighted by Gasteiger charge is -2.37. The van der Waals surface area contributed by atoms with Crippen molar-refractivity contribution in [2.45, 2.75) is 43.7 Å². The van der Waals surface area contributed by atoms with Crippen molar-refractivity contribution in [3.8, 4) is 5.75 Å². The average molecular weight is 261 g/mol. The van der Waals surface area contributed by atoms with Gasteiger partial charge in [0.05, 0.1) is 12.7 Å². The molecule has 0 aliphatic carbocycles. The van der Waals surface area contributed by atoms with Crippen LogP contribution in [0.15, 0.2) is 24.3 Å². The zero-order chi connectivity index (χ0) is 13.3. The molecule has 2 aliphatic rings. The first-order valence-electron chi connectivity index (χ1n) is 7.31. The van der Waals surface area contributed by atoms with E-state index in [0.717, 1.165) is 37.2 Å². The van der Waals surface area contributed by atoms with Crippen LogP contribution in [-0.4, -0.2) is 41.8 Å². The Morgan fingerprint density at radius 3 is 3.00 bits per heavy atom. The van der Waals surface area contributed by atoms with Gasteiger partial charge >= 0.3 is 0 Å². The molecular formula is C16H23NO2. The van der Waals surface area contributed by atoms with Crippen molar-refractivity contribution in [2.75, 3.05) is 20.2 Å². The number of piperidine rings is 1. The fourth-order valence-corrected chi connectivity index (χ4v) is 3.76. The summed E-state index contributed by atoms with van der Waals surface area (Å²) in [6.07, 6.45) is 5.25. The van der Waals surface area contributed by atoms with Crippen molar-refractivity contribution in [3.05, 3.63) is 29.8 Å². The number of fused-ring (bicyclic) bond motifs is 1. The Labute approximate surface area is 115 Å². The molecule has 0 aromatic heterocycles. The molecule has 104 valence electrons. The number of hydrogen-bond acceptors (Lipinski definition) is 3. The highest BCUT2D eigenvalue weighted by Crippen LogP contribution is 2.38. The lowest BCUT2D eigenvalue weighted by Crippen LogP contribution is -2.48. The fourth-order valence-electron chi connectivity index (χ4n) is 3.76. The van der Waals surface area contributed by atoms with E-state index in [2.05, 4.69) is 11.0 Å². The molecule has 2 unspecified atom stereocenters. The second-order valence-electron chi connectivity index (χ2n) is 5.89. The molecule has 1 N–H and O–H groups in total. The Bertz CT molecular complexity index is 448. The quantitative estimate of drug-likeness (QED) is 0.905. The molecule has 2 fully saturated rings. The molecule has 19 heavy (non-hydrogen) atoms. The van der Waals surface area contributed by atoms with Gasteiger partial charge in [0.15, 0.2) is 0 Å². The van der Waals surface area contributed by atoms with Crippen LogP contribution in [0.4, 0.5) is 0 Å². The van der Waals surface area contributed by atoms with Gasteiger partial charge < -0.3 is 9.84 Å². The smallest absolute Gasteiger partial charge is 0.122 e. The van der Waals surface area contributed by atoms with E-state index in [-0.39, 0.29) is 0 Å². The van der Waals surface area contributed by atoms with E-state index in [1.54, 1.807) is 7.11 Å². The van der Waals surface area contributed by atoms with Gasteiger partial charge in [0, 0.05) is 19.0 Å². The van der Waals surface area contributed by atoms with Gasteiger partial charge in [-0.05, 0) is 37.4 Å². The highest BCUT2D eigenvalue weighted by Gasteiger charge is 2.46. The minimum absolute atomic E-state index is 0.339. The van der Waals surface area contributed by atoms with Crippen LogP contribution >= 0.6 is 0 Å². The zero-order valence-corrected chi connectivity index (χ0v) is 11.6. The predicted octanol–water partition coefficient (Wildman–Crippen LogP) is 2.23. The van der Waals surface area contributed by atoms with E-state index >= 15 is 0 Å². The fraction of sp³-hybridized carbons (Fsp3) is 0.625. The van der Waals surface area contributed by atoms with Crippen LogP contribution in [0.3, 0.4) is 0 Å². The summed E-state index contributed by atoms with van der Waals surface area (Å²) in [6, 6.07) is 8.39. The number of rotatable bonds is 3. The minimum Gasteiger partial charge on any atom is -0.496 e. The van der Waals surface area contributed by atoms with E-state index in [1.165, 1.54) is 12.8 Å². The summed E-state index contributed by atoms with van der Waals surface area (Å²) >= 11 is 0. The topological polar surface area (TPSA) is 32.7 Å². The number of benzene rings is 1. The van der Waals surface area contributed by atoms with E-state index in [1.807, 2.05) is 18.2 Å². The standard InChI is InChI=1S/C16H23NO2/c1-19-14-7-3-2-6-13(14)12-16(18)9-11-17-10-5-4-8-15(16)17/h2-3,6-7,15,18H,4-5,8-12H2,1H3. The highest BCUT2D eigenvalue weighted by atomic mass is 16.5. The molecule has 0 bridgehead atoms. The highest BCUT2D eigenvalue weighted by molar-refractivity contribution is 5.35. The van der Waals surface area contributed by atoms with Crippen molar-refractivity contribution in [1.29, 1.82) is 0 Å². The molecular weight excluding hydrogens is 238 g/mol. The Morgan fingerprint density at radius 2 is 2.16 bits per heavy atom. The number of nitrogens with zero attached hydrogens (tertiary/aromatic N) is 1. The first-order chi connectivity index (χ1) is 9.23. The monoisotopic (exact) mass is 261 g/mol. The second-order valence-corrected chi connectivity index (χ2v) is 5.89. The summed E-state index contributed by atoms with van der Waals surface area (Å²) in [4.78, 5) is 2.47. The molecule has 3 rings (SSSR count). The molecule has 0 amide bonds. The summed E-state index contributed by atoms with van der Waals surface area (Å²) < 4.78 is 5.41. The molecule has 2 heterocycles. The normalized spacial score (nSPS) is 31.2. The summed E-state index contributed by atoms with van der Waals surface area (Å²) in [7, 11) is 1.70. The summed E-state index contributed by atoms with van der Waals surface area (Å²) in [5, 5.41) is 11.1. The van der Waals surface area contributed by atoms with Gasteiger partial charge in [-0.1, -0.05) is 24.6 Å². The molecule has 1 aromatic carbocycles. The molecule has 1 aromatic rings. The lowest BCUT2D eigenvalue weighted by molar-refractivity contribution is -0.00922. The molecule has 0 spiro atoms. The number of aliphatic hydroxyl groups is 1.